The number of sulfone groups is 1. The zero-order valence-corrected chi connectivity index (χ0v) is 13.5. The number of nitrogens with zero attached hydrogens (tertiary/aromatic N) is 2. The summed E-state index contributed by atoms with van der Waals surface area (Å²) in [5, 5.41) is 6.51. The third kappa shape index (κ3) is 4.84. The Morgan fingerprint density at radius 3 is 2.71 bits per heavy atom. The van der Waals surface area contributed by atoms with Crippen LogP contribution in [0.2, 0.25) is 0 Å². The summed E-state index contributed by atoms with van der Waals surface area (Å²) in [6, 6.07) is 1.80. The zero-order valence-electron chi connectivity index (χ0n) is 12.7. The van der Waals surface area contributed by atoms with E-state index in [1.807, 2.05) is 13.0 Å². The van der Waals surface area contributed by atoms with Crippen LogP contribution in [0.1, 0.15) is 38.9 Å². The molecule has 2 heterocycles. The van der Waals surface area contributed by atoms with Gasteiger partial charge in [0.2, 0.25) is 0 Å². The number of nitrogens with one attached hydrogen (secondary N) is 2. The molecule has 1 saturated heterocycles. The van der Waals surface area contributed by atoms with Crippen molar-refractivity contribution in [1.82, 2.24) is 9.97 Å². The highest BCUT2D eigenvalue weighted by molar-refractivity contribution is 7.91. The maximum atomic E-state index is 11.7. The fraction of sp³-hybridized carbons (Fsp3) is 0.714. The van der Waals surface area contributed by atoms with Gasteiger partial charge in [0.25, 0.3) is 0 Å². The number of hydrogen-bond acceptors (Lipinski definition) is 6. The van der Waals surface area contributed by atoms with Crippen molar-refractivity contribution in [2.45, 2.75) is 45.6 Å². The predicted octanol–water partition coefficient (Wildman–Crippen LogP) is 1.85. The first-order valence-corrected chi connectivity index (χ1v) is 9.43. The SMILES string of the molecule is CCCNc1cc(NC2CCCS(=O)(=O)C2)nc(CC)n1. The molecule has 1 fully saturated rings. The highest BCUT2D eigenvalue weighted by Gasteiger charge is 2.25. The lowest BCUT2D eigenvalue weighted by Crippen LogP contribution is -2.35. The summed E-state index contributed by atoms with van der Waals surface area (Å²) in [6.45, 7) is 4.96. The quantitative estimate of drug-likeness (QED) is 0.834. The Balaban J connectivity index is 2.11. The molecule has 1 unspecified atom stereocenters. The molecule has 7 heteroatoms. The van der Waals surface area contributed by atoms with Gasteiger partial charge in [-0.1, -0.05) is 13.8 Å². The fourth-order valence-corrected chi connectivity index (χ4v) is 4.05. The number of aromatic nitrogens is 2. The molecule has 0 radical (unpaired) electrons. The molecule has 2 N–H and O–H groups in total. The van der Waals surface area contributed by atoms with Gasteiger partial charge >= 0.3 is 0 Å². The first-order valence-electron chi connectivity index (χ1n) is 7.61. The molecule has 21 heavy (non-hydrogen) atoms. The monoisotopic (exact) mass is 312 g/mol. The minimum atomic E-state index is -2.91. The van der Waals surface area contributed by atoms with Gasteiger partial charge in [0.15, 0.2) is 9.84 Å². The molecule has 118 valence electrons. The molecule has 1 aliphatic rings. The Labute approximate surface area is 126 Å². The van der Waals surface area contributed by atoms with Gasteiger partial charge in [-0.15, -0.1) is 0 Å². The van der Waals surface area contributed by atoms with Crippen LogP contribution in [-0.2, 0) is 16.3 Å². The molecule has 0 aromatic carbocycles. The van der Waals surface area contributed by atoms with Gasteiger partial charge in [-0.2, -0.15) is 0 Å². The Bertz CT molecular complexity index is 574. The van der Waals surface area contributed by atoms with E-state index in [-0.39, 0.29) is 11.8 Å². The van der Waals surface area contributed by atoms with E-state index >= 15 is 0 Å². The van der Waals surface area contributed by atoms with Gasteiger partial charge < -0.3 is 10.6 Å². The maximum Gasteiger partial charge on any atom is 0.152 e. The van der Waals surface area contributed by atoms with Crippen LogP contribution in [0, 0.1) is 0 Å². The van der Waals surface area contributed by atoms with Gasteiger partial charge in [0.05, 0.1) is 11.5 Å². The normalized spacial score (nSPS) is 21.0. The second-order valence-corrected chi connectivity index (χ2v) is 7.66. The second-order valence-electron chi connectivity index (χ2n) is 5.43. The topological polar surface area (TPSA) is 84.0 Å². The zero-order chi connectivity index (χ0) is 15.3. The van der Waals surface area contributed by atoms with E-state index in [0.717, 1.165) is 37.4 Å². The first-order chi connectivity index (χ1) is 10.0. The second kappa shape index (κ2) is 7.06. The molecule has 1 atom stereocenters. The van der Waals surface area contributed by atoms with Gasteiger partial charge in [-0.25, -0.2) is 18.4 Å². The van der Waals surface area contributed by atoms with Gasteiger partial charge in [-0.05, 0) is 19.3 Å². The molecule has 6 nitrogen and oxygen atoms in total. The number of anilines is 2. The Morgan fingerprint density at radius 1 is 1.29 bits per heavy atom. The van der Waals surface area contributed by atoms with Crippen LogP contribution in [0.4, 0.5) is 11.6 Å². The smallest absolute Gasteiger partial charge is 0.152 e. The minimum Gasteiger partial charge on any atom is -0.370 e. The highest BCUT2D eigenvalue weighted by Crippen LogP contribution is 2.18. The van der Waals surface area contributed by atoms with Crippen LogP contribution >= 0.6 is 0 Å². The van der Waals surface area contributed by atoms with Crippen molar-refractivity contribution in [1.29, 1.82) is 0 Å². The van der Waals surface area contributed by atoms with E-state index in [2.05, 4.69) is 27.5 Å². The summed E-state index contributed by atoms with van der Waals surface area (Å²) in [4.78, 5) is 8.88. The largest absolute Gasteiger partial charge is 0.370 e. The summed E-state index contributed by atoms with van der Waals surface area (Å²) in [5.41, 5.74) is 0. The average Bonchev–Trinajstić information content (AvgIpc) is 2.43. The highest BCUT2D eigenvalue weighted by atomic mass is 32.2. The molecule has 0 amide bonds. The molecule has 0 bridgehead atoms. The van der Waals surface area contributed by atoms with Crippen molar-refractivity contribution in [2.75, 3.05) is 28.7 Å². The fourth-order valence-electron chi connectivity index (χ4n) is 2.42. The van der Waals surface area contributed by atoms with Crippen LogP contribution in [0.15, 0.2) is 6.07 Å². The lowest BCUT2D eigenvalue weighted by atomic mass is 10.2. The van der Waals surface area contributed by atoms with E-state index in [4.69, 9.17) is 0 Å². The Morgan fingerprint density at radius 2 is 2.05 bits per heavy atom. The van der Waals surface area contributed by atoms with E-state index in [9.17, 15) is 8.42 Å². The molecule has 1 aliphatic heterocycles. The molecule has 1 aromatic heterocycles. The van der Waals surface area contributed by atoms with Crippen molar-refractivity contribution in [3.8, 4) is 0 Å². The van der Waals surface area contributed by atoms with Gasteiger partial charge in [-0.3, -0.25) is 0 Å². The lowest BCUT2D eigenvalue weighted by Gasteiger charge is -2.23. The van der Waals surface area contributed by atoms with Gasteiger partial charge in [0, 0.05) is 25.1 Å². The molecule has 1 aromatic rings. The average molecular weight is 312 g/mol. The summed E-state index contributed by atoms with van der Waals surface area (Å²) in [7, 11) is -2.91. The summed E-state index contributed by atoms with van der Waals surface area (Å²) < 4.78 is 23.4. The van der Waals surface area contributed by atoms with E-state index < -0.39 is 9.84 Å². The Hall–Kier alpha value is -1.37. The van der Waals surface area contributed by atoms with E-state index in [1.165, 1.54) is 0 Å². The first kappa shape index (κ1) is 16.0. The third-order valence-electron chi connectivity index (χ3n) is 3.46. The van der Waals surface area contributed by atoms with Crippen LogP contribution in [0.25, 0.3) is 0 Å². The van der Waals surface area contributed by atoms with Crippen LogP contribution in [0.5, 0.6) is 0 Å². The molecule has 2 rings (SSSR count). The van der Waals surface area contributed by atoms with E-state index in [0.29, 0.717) is 18.0 Å². The lowest BCUT2D eigenvalue weighted by molar-refractivity contribution is 0.561. The van der Waals surface area contributed by atoms with Crippen molar-refractivity contribution < 1.29 is 8.42 Å². The van der Waals surface area contributed by atoms with Crippen LogP contribution < -0.4 is 10.6 Å². The van der Waals surface area contributed by atoms with Crippen molar-refractivity contribution in [2.24, 2.45) is 0 Å². The molecule has 0 aliphatic carbocycles. The summed E-state index contributed by atoms with van der Waals surface area (Å²) >= 11 is 0. The maximum absolute atomic E-state index is 11.7. The minimum absolute atomic E-state index is 0.0534. The molecular formula is C14H24N4O2S. The third-order valence-corrected chi connectivity index (χ3v) is 5.28. The predicted molar refractivity (Wildman–Crippen MR) is 85.5 cm³/mol. The number of aryl methyl sites for hydroxylation is 1. The van der Waals surface area contributed by atoms with Crippen molar-refractivity contribution >= 4 is 21.5 Å². The number of rotatable bonds is 6. The number of hydrogen-bond donors (Lipinski definition) is 2. The van der Waals surface area contributed by atoms with Crippen molar-refractivity contribution in [3.63, 3.8) is 0 Å². The summed E-state index contributed by atoms with van der Waals surface area (Å²) in [6.07, 6.45) is 3.35. The van der Waals surface area contributed by atoms with Crippen LogP contribution in [-0.4, -0.2) is 42.5 Å². The Kier molecular flexibility index (Phi) is 5.39. The summed E-state index contributed by atoms with van der Waals surface area (Å²) in [5.74, 6) is 2.76. The standard InChI is InChI=1S/C14H24N4O2S/c1-3-7-15-13-9-14(18-12(4-2)17-13)16-11-6-5-8-21(19,20)10-11/h9,11H,3-8,10H2,1-2H3,(H2,15,16,17,18). The van der Waals surface area contributed by atoms with Crippen molar-refractivity contribution in [3.05, 3.63) is 11.9 Å². The molecular weight excluding hydrogens is 288 g/mol. The molecule has 0 saturated carbocycles. The molecule has 0 spiro atoms. The van der Waals surface area contributed by atoms with Gasteiger partial charge in [0.1, 0.15) is 17.5 Å². The van der Waals surface area contributed by atoms with E-state index in [1.54, 1.807) is 0 Å². The van der Waals surface area contributed by atoms with Crippen LogP contribution in [0.3, 0.4) is 0 Å².